The van der Waals surface area contributed by atoms with E-state index in [0.717, 1.165) is 44.2 Å². The molecule has 3 rings (SSSR count). The number of carbonyl (C=O) groups excluding carboxylic acids is 1. The normalized spacial score (nSPS) is 15.6. The number of amides is 1. The van der Waals surface area contributed by atoms with E-state index in [-0.39, 0.29) is 11.6 Å². The van der Waals surface area contributed by atoms with Gasteiger partial charge in [0.05, 0.1) is 0 Å². The zero-order valence-electron chi connectivity index (χ0n) is 14.2. The number of para-hydroxylation sites is 1. The van der Waals surface area contributed by atoms with Crippen LogP contribution in [0.1, 0.15) is 42.5 Å². The highest BCUT2D eigenvalue weighted by Gasteiger charge is 2.25. The average molecular weight is 376 g/mol. The summed E-state index contributed by atoms with van der Waals surface area (Å²) in [7, 11) is -4.02. The highest BCUT2D eigenvalue weighted by molar-refractivity contribution is 7.89. The molecule has 26 heavy (non-hydrogen) atoms. The first-order chi connectivity index (χ1) is 12.5. The highest BCUT2D eigenvalue weighted by atomic mass is 32.2. The SMILES string of the molecule is O=C(Nc1ccccc1)c1ccc(F)c(S(=O)(=O)NC2CCCCC2)c1. The molecular weight excluding hydrogens is 355 g/mol. The Kier molecular flexibility index (Phi) is 5.68. The average Bonchev–Trinajstić information content (AvgIpc) is 2.63. The molecule has 0 atom stereocenters. The maximum Gasteiger partial charge on any atom is 0.255 e. The number of rotatable bonds is 5. The third-order valence-electron chi connectivity index (χ3n) is 4.44. The standard InChI is InChI=1S/C19H21FN2O3S/c20-17-12-11-14(19(23)21-15-7-3-1-4-8-15)13-18(17)26(24,25)22-16-9-5-2-6-10-16/h1,3-4,7-8,11-13,16,22H,2,5-6,9-10H2,(H,21,23). The smallest absolute Gasteiger partial charge is 0.255 e. The second-order valence-corrected chi connectivity index (χ2v) is 8.10. The Morgan fingerprint density at radius 3 is 2.38 bits per heavy atom. The van der Waals surface area contributed by atoms with E-state index in [1.54, 1.807) is 24.3 Å². The predicted molar refractivity (Wildman–Crippen MR) is 98.0 cm³/mol. The van der Waals surface area contributed by atoms with Crippen LogP contribution in [0.15, 0.2) is 53.4 Å². The van der Waals surface area contributed by atoms with Gasteiger partial charge in [-0.3, -0.25) is 4.79 Å². The molecule has 7 heteroatoms. The molecule has 1 amide bonds. The van der Waals surface area contributed by atoms with Crippen molar-refractivity contribution >= 4 is 21.6 Å². The first-order valence-corrected chi connectivity index (χ1v) is 10.1. The van der Waals surface area contributed by atoms with Crippen LogP contribution in [0.5, 0.6) is 0 Å². The number of nitrogens with one attached hydrogen (secondary N) is 2. The lowest BCUT2D eigenvalue weighted by Crippen LogP contribution is -2.36. The predicted octanol–water partition coefficient (Wildman–Crippen LogP) is 3.69. The summed E-state index contributed by atoms with van der Waals surface area (Å²) in [5, 5.41) is 2.66. The fourth-order valence-electron chi connectivity index (χ4n) is 3.08. The lowest BCUT2D eigenvalue weighted by atomic mass is 9.96. The van der Waals surface area contributed by atoms with E-state index < -0.39 is 26.6 Å². The Bertz CT molecular complexity index is 879. The second-order valence-electron chi connectivity index (χ2n) is 6.42. The van der Waals surface area contributed by atoms with Gasteiger partial charge in [-0.25, -0.2) is 17.5 Å². The maximum atomic E-state index is 14.2. The van der Waals surface area contributed by atoms with E-state index in [4.69, 9.17) is 0 Å². The van der Waals surface area contributed by atoms with E-state index in [1.807, 2.05) is 6.07 Å². The van der Waals surface area contributed by atoms with Crippen molar-refractivity contribution in [3.63, 3.8) is 0 Å². The van der Waals surface area contributed by atoms with Crippen molar-refractivity contribution in [3.05, 3.63) is 59.9 Å². The molecule has 0 radical (unpaired) electrons. The van der Waals surface area contributed by atoms with Gasteiger partial charge in [-0.2, -0.15) is 0 Å². The fourth-order valence-corrected chi connectivity index (χ4v) is 4.49. The summed E-state index contributed by atoms with van der Waals surface area (Å²) in [4.78, 5) is 11.8. The van der Waals surface area contributed by atoms with E-state index in [0.29, 0.717) is 5.69 Å². The van der Waals surface area contributed by atoms with Crippen LogP contribution < -0.4 is 10.0 Å². The molecule has 0 bridgehead atoms. The molecule has 2 aromatic rings. The van der Waals surface area contributed by atoms with Crippen molar-refractivity contribution in [1.82, 2.24) is 4.72 Å². The van der Waals surface area contributed by atoms with Gasteiger partial charge in [0.15, 0.2) is 0 Å². The van der Waals surface area contributed by atoms with Crippen LogP contribution in [0.25, 0.3) is 0 Å². The van der Waals surface area contributed by atoms with Crippen molar-refractivity contribution in [3.8, 4) is 0 Å². The van der Waals surface area contributed by atoms with Gasteiger partial charge in [0, 0.05) is 17.3 Å². The summed E-state index contributed by atoms with van der Waals surface area (Å²) in [5.74, 6) is -1.37. The minimum atomic E-state index is -4.02. The topological polar surface area (TPSA) is 75.3 Å². The Morgan fingerprint density at radius 1 is 1.00 bits per heavy atom. The second kappa shape index (κ2) is 7.97. The molecule has 5 nitrogen and oxygen atoms in total. The van der Waals surface area contributed by atoms with Gasteiger partial charge in [-0.05, 0) is 43.2 Å². The summed E-state index contributed by atoms with van der Waals surface area (Å²) < 4.78 is 41.9. The summed E-state index contributed by atoms with van der Waals surface area (Å²) in [6, 6.07) is 12.0. The zero-order chi connectivity index (χ0) is 18.6. The number of hydrogen-bond donors (Lipinski definition) is 2. The van der Waals surface area contributed by atoms with E-state index >= 15 is 0 Å². The fraction of sp³-hybridized carbons (Fsp3) is 0.316. The summed E-state index contributed by atoms with van der Waals surface area (Å²) in [5.41, 5.74) is 0.658. The number of hydrogen-bond acceptors (Lipinski definition) is 3. The molecule has 138 valence electrons. The molecule has 0 unspecified atom stereocenters. The summed E-state index contributed by atoms with van der Waals surface area (Å²) in [6.45, 7) is 0. The lowest BCUT2D eigenvalue weighted by Gasteiger charge is -2.22. The molecule has 0 spiro atoms. The lowest BCUT2D eigenvalue weighted by molar-refractivity contribution is 0.102. The molecule has 0 saturated heterocycles. The monoisotopic (exact) mass is 376 g/mol. The van der Waals surface area contributed by atoms with Gasteiger partial charge in [0.2, 0.25) is 10.0 Å². The Balaban J connectivity index is 1.81. The Morgan fingerprint density at radius 2 is 1.69 bits per heavy atom. The maximum absolute atomic E-state index is 14.2. The van der Waals surface area contributed by atoms with E-state index in [1.165, 1.54) is 6.07 Å². The number of halogens is 1. The van der Waals surface area contributed by atoms with Gasteiger partial charge in [-0.15, -0.1) is 0 Å². The minimum absolute atomic E-state index is 0.0827. The van der Waals surface area contributed by atoms with Gasteiger partial charge in [-0.1, -0.05) is 37.5 Å². The van der Waals surface area contributed by atoms with Crippen molar-refractivity contribution < 1.29 is 17.6 Å². The molecule has 2 N–H and O–H groups in total. The quantitative estimate of drug-likeness (QED) is 0.836. The van der Waals surface area contributed by atoms with Crippen LogP contribution in [0.3, 0.4) is 0 Å². The minimum Gasteiger partial charge on any atom is -0.322 e. The van der Waals surface area contributed by atoms with Gasteiger partial charge in [0.1, 0.15) is 10.7 Å². The Labute approximate surface area is 152 Å². The van der Waals surface area contributed by atoms with Crippen LogP contribution >= 0.6 is 0 Å². The summed E-state index contributed by atoms with van der Waals surface area (Å²) >= 11 is 0. The third kappa shape index (κ3) is 4.47. The molecule has 0 heterocycles. The molecule has 1 fully saturated rings. The number of benzene rings is 2. The van der Waals surface area contributed by atoms with Crippen LogP contribution in [-0.4, -0.2) is 20.4 Å². The molecule has 2 aromatic carbocycles. The van der Waals surface area contributed by atoms with Crippen LogP contribution in [0.2, 0.25) is 0 Å². The van der Waals surface area contributed by atoms with Gasteiger partial charge >= 0.3 is 0 Å². The number of sulfonamides is 1. The zero-order valence-corrected chi connectivity index (χ0v) is 15.1. The van der Waals surface area contributed by atoms with Gasteiger partial charge in [0.25, 0.3) is 5.91 Å². The van der Waals surface area contributed by atoms with Crippen molar-refractivity contribution in [2.75, 3.05) is 5.32 Å². The van der Waals surface area contributed by atoms with Crippen molar-refractivity contribution in [1.29, 1.82) is 0 Å². The van der Waals surface area contributed by atoms with Crippen molar-refractivity contribution in [2.45, 2.75) is 43.0 Å². The molecule has 0 aromatic heterocycles. The van der Waals surface area contributed by atoms with Crippen LogP contribution in [0, 0.1) is 5.82 Å². The van der Waals surface area contributed by atoms with E-state index in [2.05, 4.69) is 10.0 Å². The van der Waals surface area contributed by atoms with Gasteiger partial charge < -0.3 is 5.32 Å². The van der Waals surface area contributed by atoms with Crippen LogP contribution in [-0.2, 0) is 10.0 Å². The number of anilines is 1. The molecular formula is C19H21FN2O3S. The third-order valence-corrected chi connectivity index (χ3v) is 5.98. The largest absolute Gasteiger partial charge is 0.322 e. The first-order valence-electron chi connectivity index (χ1n) is 8.64. The van der Waals surface area contributed by atoms with Crippen molar-refractivity contribution in [2.24, 2.45) is 0 Å². The molecule has 1 aliphatic carbocycles. The number of carbonyl (C=O) groups is 1. The molecule has 0 aliphatic heterocycles. The van der Waals surface area contributed by atoms with E-state index in [9.17, 15) is 17.6 Å². The summed E-state index contributed by atoms with van der Waals surface area (Å²) in [6.07, 6.45) is 4.48. The molecule has 1 aliphatic rings. The van der Waals surface area contributed by atoms with Crippen LogP contribution in [0.4, 0.5) is 10.1 Å². The highest BCUT2D eigenvalue weighted by Crippen LogP contribution is 2.22. The Hall–Kier alpha value is -2.25. The first kappa shape index (κ1) is 18.5. The molecule has 1 saturated carbocycles.